The van der Waals surface area contributed by atoms with Gasteiger partial charge < -0.3 is 14.8 Å². The topological polar surface area (TPSA) is 47.6 Å². The SMILES string of the molecule is Cc1ccc(OCC(=O)NC2CC(C)(C)Oc3ccccc32)c(C)c1. The van der Waals surface area contributed by atoms with Crippen LogP contribution in [0.1, 0.15) is 43.0 Å². The number of rotatable bonds is 4. The summed E-state index contributed by atoms with van der Waals surface area (Å²) in [6.45, 7) is 8.09. The molecule has 4 heteroatoms. The first kappa shape index (κ1) is 17.3. The second-order valence-electron chi connectivity index (χ2n) is 7.28. The van der Waals surface area contributed by atoms with Crippen LogP contribution < -0.4 is 14.8 Å². The van der Waals surface area contributed by atoms with Crippen molar-refractivity contribution in [2.24, 2.45) is 0 Å². The van der Waals surface area contributed by atoms with Gasteiger partial charge in [-0.2, -0.15) is 0 Å². The van der Waals surface area contributed by atoms with Gasteiger partial charge in [-0.05, 0) is 45.4 Å². The van der Waals surface area contributed by atoms with Gasteiger partial charge in [0.1, 0.15) is 17.1 Å². The van der Waals surface area contributed by atoms with E-state index < -0.39 is 0 Å². The van der Waals surface area contributed by atoms with Crippen molar-refractivity contribution < 1.29 is 14.3 Å². The van der Waals surface area contributed by atoms with Crippen LogP contribution in [0.5, 0.6) is 11.5 Å². The fraction of sp³-hybridized carbons (Fsp3) is 0.381. The number of hydrogen-bond donors (Lipinski definition) is 1. The minimum absolute atomic E-state index is 0.00382. The van der Waals surface area contributed by atoms with E-state index in [2.05, 4.69) is 5.32 Å². The number of para-hydroxylation sites is 1. The van der Waals surface area contributed by atoms with Crippen LogP contribution >= 0.6 is 0 Å². The van der Waals surface area contributed by atoms with E-state index in [1.165, 1.54) is 5.56 Å². The van der Waals surface area contributed by atoms with Gasteiger partial charge in [0, 0.05) is 12.0 Å². The van der Waals surface area contributed by atoms with Gasteiger partial charge in [-0.15, -0.1) is 0 Å². The van der Waals surface area contributed by atoms with Crippen molar-refractivity contribution in [1.29, 1.82) is 0 Å². The number of ether oxygens (including phenoxy) is 2. The Morgan fingerprint density at radius 3 is 2.76 bits per heavy atom. The van der Waals surface area contributed by atoms with E-state index in [0.717, 1.165) is 29.0 Å². The maximum absolute atomic E-state index is 12.4. The van der Waals surface area contributed by atoms with Crippen LogP contribution in [0.3, 0.4) is 0 Å². The third-order valence-electron chi connectivity index (χ3n) is 4.40. The zero-order chi connectivity index (χ0) is 18.0. The summed E-state index contributed by atoms with van der Waals surface area (Å²) < 4.78 is 11.7. The van der Waals surface area contributed by atoms with Gasteiger partial charge >= 0.3 is 0 Å². The van der Waals surface area contributed by atoms with Crippen molar-refractivity contribution in [2.75, 3.05) is 6.61 Å². The Labute approximate surface area is 149 Å². The lowest BCUT2D eigenvalue weighted by Gasteiger charge is -2.37. The Morgan fingerprint density at radius 1 is 1.24 bits per heavy atom. The maximum atomic E-state index is 12.4. The molecule has 3 rings (SSSR count). The molecule has 0 saturated heterocycles. The third-order valence-corrected chi connectivity index (χ3v) is 4.40. The Kier molecular flexibility index (Phi) is 4.71. The number of fused-ring (bicyclic) bond motifs is 1. The molecule has 2 aromatic carbocycles. The molecule has 1 heterocycles. The molecule has 0 spiro atoms. The molecule has 1 aliphatic heterocycles. The van der Waals surface area contributed by atoms with Crippen molar-refractivity contribution in [2.45, 2.75) is 45.8 Å². The van der Waals surface area contributed by atoms with Crippen LogP contribution in [0.25, 0.3) is 0 Å². The van der Waals surface area contributed by atoms with E-state index in [0.29, 0.717) is 0 Å². The smallest absolute Gasteiger partial charge is 0.258 e. The quantitative estimate of drug-likeness (QED) is 0.912. The van der Waals surface area contributed by atoms with Gasteiger partial charge in [0.15, 0.2) is 6.61 Å². The molecule has 1 N–H and O–H groups in total. The Bertz CT molecular complexity index is 782. The summed E-state index contributed by atoms with van der Waals surface area (Å²) in [5.74, 6) is 1.45. The number of hydrogen-bond acceptors (Lipinski definition) is 3. The highest BCUT2D eigenvalue weighted by Gasteiger charge is 2.34. The van der Waals surface area contributed by atoms with E-state index in [1.54, 1.807) is 0 Å². The van der Waals surface area contributed by atoms with Gasteiger partial charge in [-0.3, -0.25) is 4.79 Å². The van der Waals surface area contributed by atoms with Crippen molar-refractivity contribution in [3.05, 3.63) is 59.2 Å². The molecule has 1 atom stereocenters. The summed E-state index contributed by atoms with van der Waals surface area (Å²) >= 11 is 0. The van der Waals surface area contributed by atoms with Gasteiger partial charge in [-0.1, -0.05) is 35.9 Å². The van der Waals surface area contributed by atoms with Crippen molar-refractivity contribution >= 4 is 5.91 Å². The number of nitrogens with one attached hydrogen (secondary N) is 1. The number of carbonyl (C=O) groups excluding carboxylic acids is 1. The molecule has 1 unspecified atom stereocenters. The lowest BCUT2D eigenvalue weighted by Crippen LogP contribution is -2.42. The molecular formula is C21H25NO3. The monoisotopic (exact) mass is 339 g/mol. The number of amides is 1. The van der Waals surface area contributed by atoms with Crippen LogP contribution in [-0.2, 0) is 4.79 Å². The van der Waals surface area contributed by atoms with E-state index in [-0.39, 0.29) is 24.2 Å². The van der Waals surface area contributed by atoms with Gasteiger partial charge in [-0.25, -0.2) is 0 Å². The standard InChI is InChI=1S/C21H25NO3/c1-14-9-10-18(15(2)11-14)24-13-20(23)22-17-12-21(3,4)25-19-8-6-5-7-16(17)19/h5-11,17H,12-13H2,1-4H3,(H,22,23). The summed E-state index contributed by atoms with van der Waals surface area (Å²) in [7, 11) is 0. The van der Waals surface area contributed by atoms with Crippen LogP contribution in [0, 0.1) is 13.8 Å². The van der Waals surface area contributed by atoms with E-state index in [9.17, 15) is 4.79 Å². The minimum atomic E-state index is -0.319. The number of carbonyl (C=O) groups is 1. The van der Waals surface area contributed by atoms with Crippen LogP contribution in [0.15, 0.2) is 42.5 Å². The second kappa shape index (κ2) is 6.79. The highest BCUT2D eigenvalue weighted by Crippen LogP contribution is 2.39. The van der Waals surface area contributed by atoms with Crippen LogP contribution in [-0.4, -0.2) is 18.1 Å². The number of benzene rings is 2. The summed E-state index contributed by atoms with van der Waals surface area (Å²) in [5.41, 5.74) is 2.91. The molecule has 0 aromatic heterocycles. The Morgan fingerprint density at radius 2 is 2.00 bits per heavy atom. The van der Waals surface area contributed by atoms with E-state index in [1.807, 2.05) is 70.2 Å². The largest absolute Gasteiger partial charge is 0.487 e. The molecular weight excluding hydrogens is 314 g/mol. The molecule has 0 bridgehead atoms. The molecule has 1 aliphatic rings. The lowest BCUT2D eigenvalue weighted by atomic mass is 9.90. The molecule has 1 amide bonds. The first-order valence-corrected chi connectivity index (χ1v) is 8.61. The summed E-state index contributed by atoms with van der Waals surface area (Å²) in [6.07, 6.45) is 0.722. The van der Waals surface area contributed by atoms with Crippen LogP contribution in [0.4, 0.5) is 0 Å². The third kappa shape index (κ3) is 4.13. The summed E-state index contributed by atoms with van der Waals surface area (Å²) in [4.78, 5) is 12.4. The first-order chi connectivity index (χ1) is 11.8. The van der Waals surface area contributed by atoms with Gasteiger partial charge in [0.2, 0.25) is 0 Å². The molecule has 0 aliphatic carbocycles. The Hall–Kier alpha value is -2.49. The fourth-order valence-electron chi connectivity index (χ4n) is 3.27. The van der Waals surface area contributed by atoms with Gasteiger partial charge in [0.25, 0.3) is 5.91 Å². The summed E-state index contributed by atoms with van der Waals surface area (Å²) in [6, 6.07) is 13.7. The molecule has 132 valence electrons. The predicted octanol–water partition coefficient (Wildman–Crippen LogP) is 4.10. The fourth-order valence-corrected chi connectivity index (χ4v) is 3.27. The zero-order valence-electron chi connectivity index (χ0n) is 15.3. The van der Waals surface area contributed by atoms with E-state index >= 15 is 0 Å². The number of aryl methyl sites for hydroxylation is 2. The normalized spacial score (nSPS) is 18.0. The second-order valence-corrected chi connectivity index (χ2v) is 7.28. The lowest BCUT2D eigenvalue weighted by molar-refractivity contribution is -0.124. The highest BCUT2D eigenvalue weighted by molar-refractivity contribution is 5.78. The van der Waals surface area contributed by atoms with Crippen molar-refractivity contribution in [3.63, 3.8) is 0 Å². The average Bonchev–Trinajstić information content (AvgIpc) is 2.53. The molecule has 0 fully saturated rings. The van der Waals surface area contributed by atoms with Crippen molar-refractivity contribution in [3.8, 4) is 11.5 Å². The predicted molar refractivity (Wildman–Crippen MR) is 98.1 cm³/mol. The molecule has 4 nitrogen and oxygen atoms in total. The Balaban J connectivity index is 1.66. The molecule has 25 heavy (non-hydrogen) atoms. The molecule has 0 radical (unpaired) electrons. The first-order valence-electron chi connectivity index (χ1n) is 8.61. The average molecular weight is 339 g/mol. The summed E-state index contributed by atoms with van der Waals surface area (Å²) in [5, 5.41) is 3.09. The zero-order valence-corrected chi connectivity index (χ0v) is 15.3. The minimum Gasteiger partial charge on any atom is -0.487 e. The molecule has 0 saturated carbocycles. The van der Waals surface area contributed by atoms with E-state index in [4.69, 9.17) is 9.47 Å². The molecule has 2 aromatic rings. The maximum Gasteiger partial charge on any atom is 0.258 e. The van der Waals surface area contributed by atoms with Crippen molar-refractivity contribution in [1.82, 2.24) is 5.32 Å². The van der Waals surface area contributed by atoms with Gasteiger partial charge in [0.05, 0.1) is 6.04 Å². The highest BCUT2D eigenvalue weighted by atomic mass is 16.5. The van der Waals surface area contributed by atoms with Crippen LogP contribution in [0.2, 0.25) is 0 Å².